The molecule has 9 nitrogen and oxygen atoms in total. The zero-order chi connectivity index (χ0) is 30.3. The van der Waals surface area contributed by atoms with Crippen molar-refractivity contribution in [2.45, 2.75) is 86.8 Å². The fraction of sp³-hybridized carbons (Fsp3) is 0.562. The third kappa shape index (κ3) is 8.93. The first-order valence-electron chi connectivity index (χ1n) is 14.6. The summed E-state index contributed by atoms with van der Waals surface area (Å²) in [5, 5.41) is 6.04. The molecule has 0 radical (unpaired) electrons. The van der Waals surface area contributed by atoms with Crippen molar-refractivity contribution in [1.29, 1.82) is 0 Å². The van der Waals surface area contributed by atoms with Crippen LogP contribution in [0.1, 0.15) is 76.9 Å². The second-order valence-electron chi connectivity index (χ2n) is 12.2. The molecule has 224 valence electrons. The van der Waals surface area contributed by atoms with Gasteiger partial charge in [0.05, 0.1) is 23.9 Å². The molecule has 1 fully saturated rings. The number of benzene rings is 1. The first-order valence-corrected chi connectivity index (χ1v) is 14.6. The van der Waals surface area contributed by atoms with Crippen molar-refractivity contribution in [1.82, 2.24) is 15.2 Å². The van der Waals surface area contributed by atoms with Crippen LogP contribution in [0.4, 0.5) is 15.3 Å². The maximum absolute atomic E-state index is 13.6. The lowest BCUT2D eigenvalue weighted by molar-refractivity contribution is -0.149. The van der Waals surface area contributed by atoms with E-state index in [1.54, 1.807) is 11.8 Å². The molecule has 2 heterocycles. The molecule has 1 aliphatic heterocycles. The molecule has 1 unspecified atom stereocenters. The Labute approximate surface area is 244 Å². The van der Waals surface area contributed by atoms with Crippen LogP contribution in [-0.4, -0.2) is 53.3 Å². The number of rotatable bonds is 8. The Kier molecular flexibility index (Phi) is 10.8. The van der Waals surface area contributed by atoms with Crippen LogP contribution in [0.2, 0.25) is 0 Å². The number of alkyl carbamates (subject to hydrolysis) is 1. The second kappa shape index (κ2) is 13.8. The van der Waals surface area contributed by atoms with Gasteiger partial charge in [0.25, 0.3) is 0 Å². The van der Waals surface area contributed by atoms with E-state index in [1.165, 1.54) is 0 Å². The van der Waals surface area contributed by atoms with Gasteiger partial charge in [0.2, 0.25) is 0 Å². The average molecular weight is 567 g/mol. The fourth-order valence-corrected chi connectivity index (χ4v) is 5.01. The molecule has 0 saturated carbocycles. The summed E-state index contributed by atoms with van der Waals surface area (Å²) in [5.41, 5.74) is 5.17. The molecule has 0 aliphatic carbocycles. The van der Waals surface area contributed by atoms with E-state index in [4.69, 9.17) is 14.5 Å². The van der Waals surface area contributed by atoms with Crippen molar-refractivity contribution in [3.05, 3.63) is 46.8 Å². The topological polar surface area (TPSA) is 110 Å². The van der Waals surface area contributed by atoms with Crippen LogP contribution in [0, 0.1) is 25.7 Å². The normalized spacial score (nSPS) is 15.4. The predicted octanol–water partition coefficient (Wildman–Crippen LogP) is 6.40. The molecular weight excluding hydrogens is 520 g/mol. The number of aromatic nitrogens is 1. The minimum atomic E-state index is -0.634. The summed E-state index contributed by atoms with van der Waals surface area (Å²) >= 11 is 0. The Balaban J connectivity index is 2.05. The number of hydrogen-bond acceptors (Lipinski definition) is 6. The van der Waals surface area contributed by atoms with Gasteiger partial charge in [-0.2, -0.15) is 0 Å². The Morgan fingerprint density at radius 3 is 2.41 bits per heavy atom. The number of nitrogens with zero attached hydrogens (tertiary/aromatic N) is 2. The third-order valence-electron chi connectivity index (χ3n) is 6.88. The zero-order valence-corrected chi connectivity index (χ0v) is 25.8. The molecule has 2 aromatic rings. The molecule has 1 atom stereocenters. The van der Waals surface area contributed by atoms with Crippen LogP contribution >= 0.6 is 0 Å². The van der Waals surface area contributed by atoms with Crippen LogP contribution < -0.4 is 10.6 Å². The average Bonchev–Trinajstić information content (AvgIpc) is 2.88. The number of pyridine rings is 1. The number of piperidine rings is 1. The summed E-state index contributed by atoms with van der Waals surface area (Å²) in [7, 11) is 0. The van der Waals surface area contributed by atoms with Crippen LogP contribution in [-0.2, 0) is 27.2 Å². The van der Waals surface area contributed by atoms with E-state index in [-0.39, 0.29) is 24.5 Å². The first-order chi connectivity index (χ1) is 19.3. The zero-order valence-electron chi connectivity index (χ0n) is 25.8. The van der Waals surface area contributed by atoms with Crippen molar-refractivity contribution in [2.24, 2.45) is 11.8 Å². The van der Waals surface area contributed by atoms with Gasteiger partial charge in [-0.25, -0.2) is 9.59 Å². The summed E-state index contributed by atoms with van der Waals surface area (Å²) in [6.07, 6.45) is 1.60. The molecular formula is C32H46N4O5. The van der Waals surface area contributed by atoms with Crippen molar-refractivity contribution in [3.63, 3.8) is 0 Å². The molecule has 3 rings (SSSR count). The molecule has 9 heteroatoms. The van der Waals surface area contributed by atoms with Crippen LogP contribution in [0.3, 0.4) is 0 Å². The highest BCUT2D eigenvalue weighted by Crippen LogP contribution is 2.37. The number of carbonyl (C=O) groups is 3. The van der Waals surface area contributed by atoms with E-state index in [2.05, 4.69) is 24.5 Å². The number of ether oxygens (including phenoxy) is 2. The lowest BCUT2D eigenvalue weighted by Crippen LogP contribution is -2.45. The number of anilines is 1. The Morgan fingerprint density at radius 2 is 1.80 bits per heavy atom. The van der Waals surface area contributed by atoms with E-state index in [9.17, 15) is 14.4 Å². The highest BCUT2D eigenvalue weighted by molar-refractivity contribution is 5.97. The Morgan fingerprint density at radius 1 is 1.12 bits per heavy atom. The summed E-state index contributed by atoms with van der Waals surface area (Å²) in [4.78, 5) is 45.3. The van der Waals surface area contributed by atoms with Gasteiger partial charge in [-0.3, -0.25) is 9.78 Å². The summed E-state index contributed by atoms with van der Waals surface area (Å²) in [6, 6.07) is 7.80. The van der Waals surface area contributed by atoms with E-state index >= 15 is 0 Å². The Bertz CT molecular complexity index is 1230. The highest BCUT2D eigenvalue weighted by atomic mass is 16.6. The number of esters is 1. The molecule has 1 aliphatic rings. The number of amides is 3. The molecule has 1 aromatic heterocycles. The first kappa shape index (κ1) is 31.9. The predicted molar refractivity (Wildman–Crippen MR) is 161 cm³/mol. The van der Waals surface area contributed by atoms with Gasteiger partial charge >= 0.3 is 18.1 Å². The van der Waals surface area contributed by atoms with E-state index < -0.39 is 11.7 Å². The molecule has 1 aromatic carbocycles. The maximum Gasteiger partial charge on any atom is 0.407 e. The van der Waals surface area contributed by atoms with Gasteiger partial charge in [-0.1, -0.05) is 43.7 Å². The van der Waals surface area contributed by atoms with Crippen LogP contribution in [0.5, 0.6) is 0 Å². The van der Waals surface area contributed by atoms with Gasteiger partial charge < -0.3 is 25.0 Å². The van der Waals surface area contributed by atoms with E-state index in [0.717, 1.165) is 34.4 Å². The highest BCUT2D eigenvalue weighted by Gasteiger charge is 2.31. The molecule has 0 bridgehead atoms. The molecule has 41 heavy (non-hydrogen) atoms. The molecule has 2 N–H and O–H groups in total. The van der Waals surface area contributed by atoms with Gasteiger partial charge in [-0.15, -0.1) is 0 Å². The number of aryl methyl sites for hydroxylation is 2. The number of urea groups is 1. The number of hydrogen-bond donors (Lipinski definition) is 2. The van der Waals surface area contributed by atoms with Gasteiger partial charge in [0, 0.05) is 36.5 Å². The maximum atomic E-state index is 13.6. The number of likely N-dealkylation sites (tertiary alicyclic amines) is 1. The summed E-state index contributed by atoms with van der Waals surface area (Å²) in [6.45, 7) is 16.8. The van der Waals surface area contributed by atoms with Crippen molar-refractivity contribution >= 4 is 23.8 Å². The smallest absolute Gasteiger partial charge is 0.407 e. The third-order valence-corrected chi connectivity index (χ3v) is 6.88. The van der Waals surface area contributed by atoms with Crippen molar-refractivity contribution < 1.29 is 23.9 Å². The minimum Gasteiger partial charge on any atom is -0.466 e. The van der Waals surface area contributed by atoms with Crippen molar-refractivity contribution in [3.8, 4) is 11.1 Å². The lowest BCUT2D eigenvalue weighted by Gasteiger charge is -2.32. The summed E-state index contributed by atoms with van der Waals surface area (Å²) < 4.78 is 10.7. The van der Waals surface area contributed by atoms with E-state index in [0.29, 0.717) is 49.8 Å². The van der Waals surface area contributed by atoms with Gasteiger partial charge in [0.1, 0.15) is 5.60 Å². The van der Waals surface area contributed by atoms with Crippen LogP contribution in [0.25, 0.3) is 11.1 Å². The second-order valence-corrected chi connectivity index (χ2v) is 12.2. The molecule has 1 saturated heterocycles. The van der Waals surface area contributed by atoms with Crippen molar-refractivity contribution in [2.75, 3.05) is 25.0 Å². The minimum absolute atomic E-state index is 0.185. The van der Waals surface area contributed by atoms with E-state index in [1.807, 2.05) is 58.9 Å². The molecule has 0 spiro atoms. The quantitative estimate of drug-likeness (QED) is 0.358. The fourth-order valence-electron chi connectivity index (χ4n) is 5.01. The number of nitrogens with one attached hydrogen (secondary N) is 2. The standard InChI is InChI=1S/C32H46N4O5/c1-9-40-29(37)24-11-10-16-36(19-24)30(38)35-28-22(5)34-26(17-20(2)3)25(18-33-31(39)41-32(6,7)8)27(28)23-14-12-21(4)13-15-23/h12-15,20,24H,9-11,16-19H2,1-8H3,(H,33,39)(H,35,38). The number of carbonyl (C=O) groups excluding carboxylic acids is 3. The lowest BCUT2D eigenvalue weighted by atomic mass is 9.92. The SMILES string of the molecule is CCOC(=O)C1CCCN(C(=O)Nc2c(C)nc(CC(C)C)c(CNC(=O)OC(C)(C)C)c2-c2ccc(C)cc2)C1. The van der Waals surface area contributed by atoms with Gasteiger partial charge in [0.15, 0.2) is 0 Å². The Hall–Kier alpha value is -3.62. The van der Waals surface area contributed by atoms with Crippen LogP contribution in [0.15, 0.2) is 24.3 Å². The molecule has 3 amide bonds. The summed E-state index contributed by atoms with van der Waals surface area (Å²) in [5.74, 6) is -0.286. The van der Waals surface area contributed by atoms with Gasteiger partial charge in [-0.05, 0) is 72.3 Å². The largest absolute Gasteiger partial charge is 0.466 e. The monoisotopic (exact) mass is 566 g/mol.